The van der Waals surface area contributed by atoms with Crippen molar-refractivity contribution in [2.45, 2.75) is 38.8 Å². The fourth-order valence-electron chi connectivity index (χ4n) is 1.40. The van der Waals surface area contributed by atoms with Crippen LogP contribution in [0.5, 0.6) is 0 Å². The molecule has 0 N–H and O–H groups in total. The SMILES string of the molecule is COC(=O)/C=C\[C@H]1OC(C)(C)O[C@@H]1C. The molecule has 4 nitrogen and oxygen atoms in total. The topological polar surface area (TPSA) is 44.8 Å². The highest BCUT2D eigenvalue weighted by atomic mass is 16.7. The highest BCUT2D eigenvalue weighted by Gasteiger charge is 2.37. The number of ether oxygens (including phenoxy) is 3. The first-order valence-corrected chi connectivity index (χ1v) is 4.56. The summed E-state index contributed by atoms with van der Waals surface area (Å²) in [6.07, 6.45) is 2.77. The molecule has 1 heterocycles. The maximum absolute atomic E-state index is 10.8. The fourth-order valence-corrected chi connectivity index (χ4v) is 1.40. The highest BCUT2D eigenvalue weighted by Crippen LogP contribution is 2.28. The molecular formula is C10H16O4. The van der Waals surface area contributed by atoms with Gasteiger partial charge in [-0.3, -0.25) is 0 Å². The first-order valence-electron chi connectivity index (χ1n) is 4.56. The molecule has 2 atom stereocenters. The quantitative estimate of drug-likeness (QED) is 0.497. The van der Waals surface area contributed by atoms with Gasteiger partial charge in [-0.05, 0) is 26.8 Å². The summed E-state index contributed by atoms with van der Waals surface area (Å²) in [4.78, 5) is 10.8. The second-order valence-electron chi connectivity index (χ2n) is 3.69. The average molecular weight is 200 g/mol. The van der Waals surface area contributed by atoms with Crippen LogP contribution in [0.2, 0.25) is 0 Å². The molecule has 0 spiro atoms. The number of hydrogen-bond donors (Lipinski definition) is 0. The van der Waals surface area contributed by atoms with Crippen LogP contribution in [0.3, 0.4) is 0 Å². The van der Waals surface area contributed by atoms with E-state index in [0.717, 1.165) is 0 Å². The van der Waals surface area contributed by atoms with E-state index in [9.17, 15) is 4.79 Å². The van der Waals surface area contributed by atoms with Crippen LogP contribution < -0.4 is 0 Å². The lowest BCUT2D eigenvalue weighted by molar-refractivity contribution is -0.141. The van der Waals surface area contributed by atoms with Gasteiger partial charge in [0, 0.05) is 6.08 Å². The maximum atomic E-state index is 10.8. The number of carbonyl (C=O) groups excluding carboxylic acids is 1. The van der Waals surface area contributed by atoms with E-state index in [4.69, 9.17) is 9.47 Å². The summed E-state index contributed by atoms with van der Waals surface area (Å²) in [6.45, 7) is 5.59. The van der Waals surface area contributed by atoms with Gasteiger partial charge in [-0.2, -0.15) is 0 Å². The van der Waals surface area contributed by atoms with Gasteiger partial charge < -0.3 is 14.2 Å². The molecule has 14 heavy (non-hydrogen) atoms. The summed E-state index contributed by atoms with van der Waals surface area (Å²) in [5.41, 5.74) is 0. The van der Waals surface area contributed by atoms with Crippen molar-refractivity contribution in [3.8, 4) is 0 Å². The van der Waals surface area contributed by atoms with Crippen molar-refractivity contribution in [2.75, 3.05) is 7.11 Å². The second-order valence-corrected chi connectivity index (χ2v) is 3.69. The van der Waals surface area contributed by atoms with Crippen molar-refractivity contribution in [3.05, 3.63) is 12.2 Å². The van der Waals surface area contributed by atoms with Crippen molar-refractivity contribution in [1.82, 2.24) is 0 Å². The first-order chi connectivity index (χ1) is 6.44. The van der Waals surface area contributed by atoms with Crippen LogP contribution in [0.1, 0.15) is 20.8 Å². The van der Waals surface area contributed by atoms with E-state index < -0.39 is 5.79 Å². The summed E-state index contributed by atoms with van der Waals surface area (Å²) < 4.78 is 15.5. The van der Waals surface area contributed by atoms with Gasteiger partial charge in [0.05, 0.1) is 13.2 Å². The van der Waals surface area contributed by atoms with Gasteiger partial charge in [-0.15, -0.1) is 0 Å². The molecule has 1 aliphatic rings. The molecule has 0 amide bonds. The lowest BCUT2D eigenvalue weighted by atomic mass is 10.2. The molecule has 0 aromatic carbocycles. The molecule has 0 saturated carbocycles. The van der Waals surface area contributed by atoms with Gasteiger partial charge in [-0.25, -0.2) is 4.79 Å². The minimum absolute atomic E-state index is 0.0501. The summed E-state index contributed by atoms with van der Waals surface area (Å²) in [7, 11) is 1.34. The Labute approximate surface area is 83.8 Å². The Bertz CT molecular complexity index is 245. The largest absolute Gasteiger partial charge is 0.466 e. The molecule has 1 rings (SSSR count). The highest BCUT2D eigenvalue weighted by molar-refractivity contribution is 5.81. The first kappa shape index (κ1) is 11.2. The standard InChI is InChI=1S/C10H16O4/c1-7-8(5-6-9(11)12-4)14-10(2,3)13-7/h5-8H,1-4H3/b6-5-/t7-,8-/m1/s1. The van der Waals surface area contributed by atoms with Crippen LogP contribution in [0, 0.1) is 0 Å². The Morgan fingerprint density at radius 1 is 1.43 bits per heavy atom. The average Bonchev–Trinajstić information content (AvgIpc) is 2.35. The zero-order chi connectivity index (χ0) is 10.8. The molecule has 0 unspecified atom stereocenters. The number of methoxy groups -OCH3 is 1. The van der Waals surface area contributed by atoms with Crippen LogP contribution in [0.25, 0.3) is 0 Å². The van der Waals surface area contributed by atoms with Crippen LogP contribution >= 0.6 is 0 Å². The smallest absolute Gasteiger partial charge is 0.330 e. The molecule has 80 valence electrons. The van der Waals surface area contributed by atoms with Crippen molar-refractivity contribution >= 4 is 5.97 Å². The van der Waals surface area contributed by atoms with E-state index in [-0.39, 0.29) is 18.2 Å². The van der Waals surface area contributed by atoms with Crippen LogP contribution in [0.4, 0.5) is 0 Å². The third kappa shape index (κ3) is 2.82. The van der Waals surface area contributed by atoms with E-state index in [2.05, 4.69) is 4.74 Å². The molecule has 0 bridgehead atoms. The van der Waals surface area contributed by atoms with Crippen molar-refractivity contribution in [3.63, 3.8) is 0 Å². The lowest BCUT2D eigenvalue weighted by Crippen LogP contribution is -2.20. The number of hydrogen-bond acceptors (Lipinski definition) is 4. The van der Waals surface area contributed by atoms with Crippen molar-refractivity contribution < 1.29 is 19.0 Å². The molecule has 4 heteroatoms. The van der Waals surface area contributed by atoms with Gasteiger partial charge in [0.2, 0.25) is 0 Å². The number of rotatable bonds is 2. The van der Waals surface area contributed by atoms with E-state index in [1.165, 1.54) is 13.2 Å². The van der Waals surface area contributed by atoms with E-state index in [1.54, 1.807) is 6.08 Å². The fraction of sp³-hybridized carbons (Fsp3) is 0.700. The molecular weight excluding hydrogens is 184 g/mol. The lowest BCUT2D eigenvalue weighted by Gasteiger charge is -2.15. The monoisotopic (exact) mass is 200 g/mol. The van der Waals surface area contributed by atoms with Gasteiger partial charge in [0.15, 0.2) is 5.79 Å². The number of carbonyl (C=O) groups is 1. The zero-order valence-electron chi connectivity index (χ0n) is 8.94. The molecule has 0 aliphatic carbocycles. The minimum atomic E-state index is -0.579. The molecule has 1 aliphatic heterocycles. The Morgan fingerprint density at radius 2 is 2.07 bits per heavy atom. The van der Waals surface area contributed by atoms with Crippen LogP contribution in [-0.2, 0) is 19.0 Å². The van der Waals surface area contributed by atoms with Gasteiger partial charge in [-0.1, -0.05) is 0 Å². The molecule has 1 saturated heterocycles. The van der Waals surface area contributed by atoms with Crippen molar-refractivity contribution in [1.29, 1.82) is 0 Å². The van der Waals surface area contributed by atoms with Crippen molar-refractivity contribution in [2.24, 2.45) is 0 Å². The summed E-state index contributed by atoms with van der Waals surface area (Å²) in [6, 6.07) is 0. The predicted molar refractivity (Wildman–Crippen MR) is 50.7 cm³/mol. The Kier molecular flexibility index (Phi) is 3.29. The van der Waals surface area contributed by atoms with Gasteiger partial charge in [0.25, 0.3) is 0 Å². The van der Waals surface area contributed by atoms with Gasteiger partial charge >= 0.3 is 5.97 Å². The normalized spacial score (nSPS) is 30.9. The second kappa shape index (κ2) is 4.11. The summed E-state index contributed by atoms with van der Waals surface area (Å²) in [5, 5.41) is 0. The minimum Gasteiger partial charge on any atom is -0.466 e. The zero-order valence-corrected chi connectivity index (χ0v) is 8.94. The summed E-state index contributed by atoms with van der Waals surface area (Å²) in [5.74, 6) is -0.963. The van der Waals surface area contributed by atoms with E-state index in [0.29, 0.717) is 0 Å². The molecule has 1 fully saturated rings. The Hall–Kier alpha value is -0.870. The number of esters is 1. The predicted octanol–water partition coefficient (Wildman–Crippen LogP) is 1.26. The molecule has 0 radical (unpaired) electrons. The van der Waals surface area contributed by atoms with Gasteiger partial charge in [0.1, 0.15) is 6.10 Å². The van der Waals surface area contributed by atoms with Crippen LogP contribution in [-0.4, -0.2) is 31.1 Å². The van der Waals surface area contributed by atoms with E-state index >= 15 is 0 Å². The van der Waals surface area contributed by atoms with E-state index in [1.807, 2.05) is 20.8 Å². The Balaban J connectivity index is 2.55. The Morgan fingerprint density at radius 3 is 2.50 bits per heavy atom. The summed E-state index contributed by atoms with van der Waals surface area (Å²) >= 11 is 0. The third-order valence-corrected chi connectivity index (χ3v) is 1.98. The molecule has 0 aromatic rings. The molecule has 0 aromatic heterocycles. The maximum Gasteiger partial charge on any atom is 0.330 e. The third-order valence-electron chi connectivity index (χ3n) is 1.98. The van der Waals surface area contributed by atoms with Crippen LogP contribution in [0.15, 0.2) is 12.2 Å².